The number of amides is 3. The lowest BCUT2D eigenvalue weighted by Crippen LogP contribution is -2.61. The Bertz CT molecular complexity index is 1180. The van der Waals surface area contributed by atoms with Crippen LogP contribution in [0.25, 0.3) is 22.0 Å². The molecule has 0 unspecified atom stereocenters. The molecule has 0 saturated carbocycles. The summed E-state index contributed by atoms with van der Waals surface area (Å²) in [5.41, 5.74) is 5.35. The van der Waals surface area contributed by atoms with Gasteiger partial charge in [0.25, 0.3) is 5.91 Å². The van der Waals surface area contributed by atoms with Crippen LogP contribution in [0.5, 0.6) is 0 Å². The second-order valence-electron chi connectivity index (χ2n) is 7.54. The molecule has 1 aromatic heterocycles. The molecule has 1 fully saturated rings. The van der Waals surface area contributed by atoms with E-state index < -0.39 is 0 Å². The van der Waals surface area contributed by atoms with Gasteiger partial charge < -0.3 is 4.90 Å². The molecule has 1 aliphatic rings. The van der Waals surface area contributed by atoms with Crippen LogP contribution in [0.2, 0.25) is 0 Å². The van der Waals surface area contributed by atoms with E-state index in [1.165, 1.54) is 11.0 Å². The first-order chi connectivity index (χ1) is 15.4. The second kappa shape index (κ2) is 9.60. The summed E-state index contributed by atoms with van der Waals surface area (Å²) in [7, 11) is 0. The summed E-state index contributed by atoms with van der Waals surface area (Å²) < 4.78 is 0. The number of aromatic amines is 1. The van der Waals surface area contributed by atoms with Crippen LogP contribution in [0.3, 0.4) is 0 Å². The summed E-state index contributed by atoms with van der Waals surface area (Å²) in [5.74, 6) is -0.558. The Labute approximate surface area is 187 Å². The summed E-state index contributed by atoms with van der Waals surface area (Å²) in [6.07, 6.45) is 3.58. The SMILES string of the molecule is C=CC(=O)N1CC(N(C=O)C(=O)c2ccc(-c3c(C)ccc4[nH]ncc34)cc2C)C1.CC. The first-order valence-electron chi connectivity index (χ1n) is 10.7. The molecule has 1 aliphatic heterocycles. The fourth-order valence-corrected chi connectivity index (χ4v) is 3.95. The molecular weight excluding hydrogens is 404 g/mol. The summed E-state index contributed by atoms with van der Waals surface area (Å²) in [5, 5.41) is 8.13. The van der Waals surface area contributed by atoms with Gasteiger partial charge in [0.15, 0.2) is 0 Å². The average Bonchev–Trinajstić information content (AvgIpc) is 3.25. The number of hydrogen-bond acceptors (Lipinski definition) is 4. The van der Waals surface area contributed by atoms with E-state index in [0.717, 1.165) is 33.2 Å². The van der Waals surface area contributed by atoms with E-state index in [1.54, 1.807) is 17.2 Å². The number of carbonyl (C=O) groups is 3. The van der Waals surface area contributed by atoms with Crippen molar-refractivity contribution < 1.29 is 14.4 Å². The fraction of sp³-hybridized carbons (Fsp3) is 0.280. The zero-order valence-corrected chi connectivity index (χ0v) is 18.9. The molecule has 1 N–H and O–H groups in total. The smallest absolute Gasteiger partial charge is 0.260 e. The summed E-state index contributed by atoms with van der Waals surface area (Å²) in [6, 6.07) is 9.32. The maximum atomic E-state index is 13.0. The van der Waals surface area contributed by atoms with Crippen LogP contribution in [0.15, 0.2) is 49.2 Å². The minimum Gasteiger partial charge on any atom is -0.335 e. The fourth-order valence-electron chi connectivity index (χ4n) is 3.95. The van der Waals surface area contributed by atoms with Gasteiger partial charge in [0, 0.05) is 24.0 Å². The van der Waals surface area contributed by atoms with Crippen molar-refractivity contribution in [3.63, 3.8) is 0 Å². The van der Waals surface area contributed by atoms with Gasteiger partial charge >= 0.3 is 0 Å². The normalized spacial score (nSPS) is 13.1. The molecule has 1 saturated heterocycles. The molecule has 7 heteroatoms. The van der Waals surface area contributed by atoms with Crippen LogP contribution in [0.1, 0.15) is 35.3 Å². The number of hydrogen-bond donors (Lipinski definition) is 1. The third-order valence-corrected chi connectivity index (χ3v) is 5.67. The van der Waals surface area contributed by atoms with Crippen molar-refractivity contribution in [2.24, 2.45) is 0 Å². The Kier molecular flexibility index (Phi) is 6.88. The monoisotopic (exact) mass is 432 g/mol. The molecule has 2 aromatic carbocycles. The Balaban J connectivity index is 0.00000141. The minimum atomic E-state index is -0.358. The van der Waals surface area contributed by atoms with Crippen LogP contribution in [0.4, 0.5) is 0 Å². The number of rotatable bonds is 5. The molecule has 0 spiro atoms. The highest BCUT2D eigenvalue weighted by atomic mass is 16.2. The molecule has 7 nitrogen and oxygen atoms in total. The predicted octanol–water partition coefficient (Wildman–Crippen LogP) is 3.87. The van der Waals surface area contributed by atoms with Crippen molar-refractivity contribution in [1.29, 1.82) is 0 Å². The van der Waals surface area contributed by atoms with Gasteiger partial charge in [-0.05, 0) is 54.3 Å². The van der Waals surface area contributed by atoms with Crippen molar-refractivity contribution in [3.05, 3.63) is 65.9 Å². The number of aromatic nitrogens is 2. The van der Waals surface area contributed by atoms with Gasteiger partial charge in [0.05, 0.1) is 17.8 Å². The van der Waals surface area contributed by atoms with E-state index in [2.05, 4.69) is 16.8 Å². The predicted molar refractivity (Wildman–Crippen MR) is 125 cm³/mol. The van der Waals surface area contributed by atoms with Gasteiger partial charge in [-0.25, -0.2) is 0 Å². The van der Waals surface area contributed by atoms with Gasteiger partial charge in [-0.2, -0.15) is 5.10 Å². The Hall–Kier alpha value is -3.74. The van der Waals surface area contributed by atoms with E-state index in [1.807, 2.05) is 52.0 Å². The first-order valence-corrected chi connectivity index (χ1v) is 10.7. The quantitative estimate of drug-likeness (QED) is 0.490. The number of aryl methyl sites for hydroxylation is 2. The average molecular weight is 433 g/mol. The van der Waals surface area contributed by atoms with E-state index in [0.29, 0.717) is 25.1 Å². The van der Waals surface area contributed by atoms with Crippen molar-refractivity contribution in [3.8, 4) is 11.1 Å². The highest BCUT2D eigenvalue weighted by Gasteiger charge is 2.36. The maximum Gasteiger partial charge on any atom is 0.260 e. The standard InChI is InChI=1S/C23H22N4O3.C2H6/c1-4-21(29)26-11-17(12-26)27(13-28)23(30)18-7-6-16(9-15(18)3)22-14(2)5-8-20-19(22)10-24-25-20;1-2/h4-10,13,17H,1,11-12H2,2-3H3,(H,24,25);1-2H3. The van der Waals surface area contributed by atoms with Crippen LogP contribution >= 0.6 is 0 Å². The molecule has 0 bridgehead atoms. The van der Waals surface area contributed by atoms with Gasteiger partial charge in [-0.3, -0.25) is 24.4 Å². The zero-order chi connectivity index (χ0) is 23.4. The number of likely N-dealkylation sites (tertiary alicyclic amines) is 1. The van der Waals surface area contributed by atoms with E-state index in [9.17, 15) is 14.4 Å². The molecule has 0 radical (unpaired) electrons. The Morgan fingerprint density at radius 1 is 1.16 bits per heavy atom. The van der Waals surface area contributed by atoms with Gasteiger partial charge in [0.2, 0.25) is 12.3 Å². The first kappa shape index (κ1) is 22.9. The minimum absolute atomic E-state index is 0.200. The number of nitrogens with one attached hydrogen (secondary N) is 1. The van der Waals surface area contributed by atoms with E-state index in [-0.39, 0.29) is 17.9 Å². The Morgan fingerprint density at radius 3 is 2.50 bits per heavy atom. The molecule has 4 rings (SSSR count). The van der Waals surface area contributed by atoms with Crippen LogP contribution < -0.4 is 0 Å². The summed E-state index contributed by atoms with van der Waals surface area (Å²) >= 11 is 0. The number of carbonyl (C=O) groups excluding carboxylic acids is 3. The zero-order valence-electron chi connectivity index (χ0n) is 18.9. The topological polar surface area (TPSA) is 86.4 Å². The lowest BCUT2D eigenvalue weighted by molar-refractivity contribution is -0.135. The highest BCUT2D eigenvalue weighted by Crippen LogP contribution is 2.32. The molecule has 3 amide bonds. The molecule has 2 heterocycles. The van der Waals surface area contributed by atoms with Crippen molar-refractivity contribution in [2.45, 2.75) is 33.7 Å². The summed E-state index contributed by atoms with van der Waals surface area (Å²) in [4.78, 5) is 39.0. The molecule has 0 aliphatic carbocycles. The molecule has 32 heavy (non-hydrogen) atoms. The number of H-pyrrole nitrogens is 1. The number of fused-ring (bicyclic) bond motifs is 1. The molecule has 0 atom stereocenters. The van der Waals surface area contributed by atoms with Crippen LogP contribution in [-0.2, 0) is 9.59 Å². The Morgan fingerprint density at radius 2 is 1.88 bits per heavy atom. The second-order valence-corrected chi connectivity index (χ2v) is 7.54. The van der Waals surface area contributed by atoms with Gasteiger partial charge in [0.1, 0.15) is 0 Å². The lowest BCUT2D eigenvalue weighted by atomic mass is 9.93. The van der Waals surface area contributed by atoms with E-state index >= 15 is 0 Å². The highest BCUT2D eigenvalue weighted by molar-refractivity contribution is 6.03. The van der Waals surface area contributed by atoms with Crippen molar-refractivity contribution in [2.75, 3.05) is 13.1 Å². The van der Waals surface area contributed by atoms with Gasteiger partial charge in [-0.1, -0.05) is 38.6 Å². The third-order valence-electron chi connectivity index (χ3n) is 5.67. The largest absolute Gasteiger partial charge is 0.335 e. The van der Waals surface area contributed by atoms with Crippen molar-refractivity contribution in [1.82, 2.24) is 20.0 Å². The maximum absolute atomic E-state index is 13.0. The third kappa shape index (κ3) is 4.06. The molecular formula is C25H28N4O3. The number of imide groups is 1. The molecule has 166 valence electrons. The van der Waals surface area contributed by atoms with Crippen LogP contribution in [-0.4, -0.2) is 57.4 Å². The lowest BCUT2D eigenvalue weighted by Gasteiger charge is -2.42. The summed E-state index contributed by atoms with van der Waals surface area (Å²) in [6.45, 7) is 12.0. The van der Waals surface area contributed by atoms with E-state index in [4.69, 9.17) is 0 Å². The van der Waals surface area contributed by atoms with Crippen LogP contribution in [0, 0.1) is 13.8 Å². The number of benzene rings is 2. The van der Waals surface area contributed by atoms with Gasteiger partial charge in [-0.15, -0.1) is 0 Å². The molecule has 3 aromatic rings. The van der Waals surface area contributed by atoms with Crippen molar-refractivity contribution >= 4 is 29.1 Å². The number of nitrogens with zero attached hydrogens (tertiary/aromatic N) is 3.